The van der Waals surface area contributed by atoms with Gasteiger partial charge < -0.3 is 5.11 Å². The number of hydrogen-bond donors (Lipinski definition) is 2. The molecular weight excluding hydrogens is 266 g/mol. The lowest BCUT2D eigenvalue weighted by Crippen LogP contribution is -2.37. The summed E-state index contributed by atoms with van der Waals surface area (Å²) in [6.07, 6.45) is 3.78. The Balaban J connectivity index is 2.40. The molecule has 0 aliphatic heterocycles. The van der Waals surface area contributed by atoms with Gasteiger partial charge in [-0.1, -0.05) is 63.4 Å². The average Bonchev–Trinajstić information content (AvgIpc) is 2.52. The number of aliphatic hydroxyl groups is 1. The Morgan fingerprint density at radius 3 is 2.57 bits per heavy atom. The lowest BCUT2D eigenvalue weighted by atomic mass is 9.93. The summed E-state index contributed by atoms with van der Waals surface area (Å²) in [6, 6.07) is 9.66. The van der Waals surface area contributed by atoms with E-state index >= 15 is 0 Å². The van der Waals surface area contributed by atoms with E-state index in [0.717, 1.165) is 24.8 Å². The maximum absolute atomic E-state index is 12.1. The van der Waals surface area contributed by atoms with Crippen LogP contribution >= 0.6 is 0 Å². The minimum Gasteiger partial charge on any atom is -0.392 e. The first kappa shape index (κ1) is 17.7. The minimum atomic E-state index is -0.609. The van der Waals surface area contributed by atoms with Crippen LogP contribution in [0.15, 0.2) is 30.3 Å². The van der Waals surface area contributed by atoms with Gasteiger partial charge in [-0.15, -0.1) is 0 Å². The van der Waals surface area contributed by atoms with Crippen LogP contribution in [0.2, 0.25) is 0 Å². The Labute approximate surface area is 127 Å². The molecule has 1 amide bonds. The summed E-state index contributed by atoms with van der Waals surface area (Å²) < 4.78 is 0. The van der Waals surface area contributed by atoms with Gasteiger partial charge >= 0.3 is 0 Å². The lowest BCUT2D eigenvalue weighted by Gasteiger charge is -2.21. The summed E-state index contributed by atoms with van der Waals surface area (Å²) in [7, 11) is 0. The molecule has 4 heteroatoms. The smallest absolute Gasteiger partial charge is 0.249 e. The topological polar surface area (TPSA) is 58.6 Å². The first-order valence-corrected chi connectivity index (χ1v) is 7.82. The molecule has 0 aliphatic rings. The number of nitrogens with one attached hydrogen (secondary N) is 1. The van der Waals surface area contributed by atoms with E-state index in [1.807, 2.05) is 37.3 Å². The van der Waals surface area contributed by atoms with Gasteiger partial charge in [0.15, 0.2) is 0 Å². The molecule has 1 rings (SSSR count). The van der Waals surface area contributed by atoms with E-state index in [1.54, 1.807) is 0 Å². The fraction of sp³-hybridized carbons (Fsp3) is 0.588. The summed E-state index contributed by atoms with van der Waals surface area (Å²) in [5.41, 5.74) is 3.47. The second-order valence-corrected chi connectivity index (χ2v) is 5.32. The second kappa shape index (κ2) is 10.4. The van der Waals surface area contributed by atoms with Crippen molar-refractivity contribution in [1.29, 1.82) is 0 Å². The van der Waals surface area contributed by atoms with Gasteiger partial charge in [0, 0.05) is 0 Å². The monoisotopic (exact) mass is 293 g/mol. The standard InChI is InChI=1S/C17H27NO3/c1-3-5-7-12-15(16(19)4-2)17(20)18-21-13-14-10-8-6-9-11-14/h6,8-11,15-16,19H,3-5,7,12-13H2,1-2H3,(H,18,20)/t15?,16-/m0/s1. The van der Waals surface area contributed by atoms with E-state index in [-0.39, 0.29) is 5.91 Å². The van der Waals surface area contributed by atoms with E-state index < -0.39 is 12.0 Å². The zero-order valence-corrected chi connectivity index (χ0v) is 13.0. The zero-order chi connectivity index (χ0) is 15.5. The molecule has 0 aromatic heterocycles. The van der Waals surface area contributed by atoms with Crippen molar-refractivity contribution in [2.75, 3.05) is 0 Å². The highest BCUT2D eigenvalue weighted by Crippen LogP contribution is 2.17. The highest BCUT2D eigenvalue weighted by Gasteiger charge is 2.25. The quantitative estimate of drug-likeness (QED) is 0.514. The number of aliphatic hydroxyl groups excluding tert-OH is 1. The van der Waals surface area contributed by atoms with Gasteiger partial charge in [-0.2, -0.15) is 0 Å². The fourth-order valence-corrected chi connectivity index (χ4v) is 2.24. The molecule has 0 bridgehead atoms. The van der Waals surface area contributed by atoms with Crippen molar-refractivity contribution in [2.24, 2.45) is 5.92 Å². The maximum Gasteiger partial charge on any atom is 0.249 e. The van der Waals surface area contributed by atoms with Gasteiger partial charge in [-0.3, -0.25) is 9.63 Å². The molecule has 1 aromatic rings. The summed E-state index contributed by atoms with van der Waals surface area (Å²) in [4.78, 5) is 17.4. The molecule has 0 heterocycles. The predicted octanol–water partition coefficient (Wildman–Crippen LogP) is 3.20. The van der Waals surface area contributed by atoms with Crippen LogP contribution in [0.5, 0.6) is 0 Å². The van der Waals surface area contributed by atoms with Crippen LogP contribution < -0.4 is 5.48 Å². The SMILES string of the molecule is CCCCCC(C(=O)NOCc1ccccc1)[C@@H](O)CC. The van der Waals surface area contributed by atoms with E-state index in [0.29, 0.717) is 19.4 Å². The van der Waals surface area contributed by atoms with E-state index in [9.17, 15) is 9.90 Å². The van der Waals surface area contributed by atoms with E-state index in [2.05, 4.69) is 12.4 Å². The van der Waals surface area contributed by atoms with Crippen molar-refractivity contribution in [1.82, 2.24) is 5.48 Å². The summed E-state index contributed by atoms with van der Waals surface area (Å²) in [6.45, 7) is 4.33. The number of benzene rings is 1. The van der Waals surface area contributed by atoms with Gasteiger partial charge in [-0.05, 0) is 18.4 Å². The Bertz CT molecular complexity index is 394. The van der Waals surface area contributed by atoms with Crippen LogP contribution in [0.4, 0.5) is 0 Å². The molecule has 0 aliphatic carbocycles. The van der Waals surface area contributed by atoms with Crippen LogP contribution in [-0.4, -0.2) is 17.1 Å². The molecule has 0 radical (unpaired) electrons. The fourth-order valence-electron chi connectivity index (χ4n) is 2.24. The Kier molecular flexibility index (Phi) is 8.71. The molecule has 1 unspecified atom stereocenters. The zero-order valence-electron chi connectivity index (χ0n) is 13.0. The van der Waals surface area contributed by atoms with Crippen LogP contribution in [0.1, 0.15) is 51.5 Å². The third kappa shape index (κ3) is 6.74. The van der Waals surface area contributed by atoms with E-state index in [1.165, 1.54) is 0 Å². The lowest BCUT2D eigenvalue weighted by molar-refractivity contribution is -0.143. The summed E-state index contributed by atoms with van der Waals surface area (Å²) >= 11 is 0. The maximum atomic E-state index is 12.1. The summed E-state index contributed by atoms with van der Waals surface area (Å²) in [5, 5.41) is 9.99. The third-order valence-corrected chi connectivity index (χ3v) is 3.59. The Morgan fingerprint density at radius 2 is 1.95 bits per heavy atom. The predicted molar refractivity (Wildman–Crippen MR) is 83.3 cm³/mol. The van der Waals surface area contributed by atoms with Gasteiger partial charge in [0.2, 0.25) is 5.91 Å². The van der Waals surface area contributed by atoms with Crippen molar-refractivity contribution >= 4 is 5.91 Å². The molecule has 21 heavy (non-hydrogen) atoms. The molecule has 1 aromatic carbocycles. The molecule has 0 saturated carbocycles. The molecule has 0 saturated heterocycles. The van der Waals surface area contributed by atoms with Crippen molar-refractivity contribution in [3.8, 4) is 0 Å². The van der Waals surface area contributed by atoms with Gasteiger partial charge in [-0.25, -0.2) is 5.48 Å². The highest BCUT2D eigenvalue weighted by atomic mass is 16.6. The van der Waals surface area contributed by atoms with Gasteiger partial charge in [0.25, 0.3) is 0 Å². The van der Waals surface area contributed by atoms with Crippen molar-refractivity contribution in [2.45, 2.75) is 58.7 Å². The number of hydrogen-bond acceptors (Lipinski definition) is 3. The van der Waals surface area contributed by atoms with Crippen molar-refractivity contribution in [3.05, 3.63) is 35.9 Å². The molecule has 4 nitrogen and oxygen atoms in total. The number of unbranched alkanes of at least 4 members (excludes halogenated alkanes) is 2. The number of carbonyl (C=O) groups excluding carboxylic acids is 1. The largest absolute Gasteiger partial charge is 0.392 e. The third-order valence-electron chi connectivity index (χ3n) is 3.59. The van der Waals surface area contributed by atoms with Gasteiger partial charge in [0.1, 0.15) is 0 Å². The normalized spacial score (nSPS) is 13.7. The number of amides is 1. The first-order chi connectivity index (χ1) is 10.2. The van der Waals surface area contributed by atoms with E-state index in [4.69, 9.17) is 4.84 Å². The molecule has 2 atom stereocenters. The average molecular weight is 293 g/mol. The Morgan fingerprint density at radius 1 is 1.24 bits per heavy atom. The minimum absolute atomic E-state index is 0.226. The molecule has 0 fully saturated rings. The Hall–Kier alpha value is -1.39. The van der Waals surface area contributed by atoms with Crippen molar-refractivity contribution < 1.29 is 14.7 Å². The van der Waals surface area contributed by atoms with Crippen LogP contribution in [0.25, 0.3) is 0 Å². The number of rotatable bonds is 10. The molecular formula is C17H27NO3. The first-order valence-electron chi connectivity index (χ1n) is 7.82. The molecule has 118 valence electrons. The second-order valence-electron chi connectivity index (χ2n) is 5.32. The van der Waals surface area contributed by atoms with Crippen LogP contribution in [-0.2, 0) is 16.2 Å². The molecule has 0 spiro atoms. The highest BCUT2D eigenvalue weighted by molar-refractivity contribution is 5.78. The van der Waals surface area contributed by atoms with Gasteiger partial charge in [0.05, 0.1) is 18.6 Å². The van der Waals surface area contributed by atoms with Crippen LogP contribution in [0, 0.1) is 5.92 Å². The summed E-state index contributed by atoms with van der Waals surface area (Å²) in [5.74, 6) is -0.617. The van der Waals surface area contributed by atoms with Crippen molar-refractivity contribution in [3.63, 3.8) is 0 Å². The number of carbonyl (C=O) groups is 1. The van der Waals surface area contributed by atoms with Crippen LogP contribution in [0.3, 0.4) is 0 Å². The number of hydroxylamine groups is 1. The molecule has 2 N–H and O–H groups in total.